The molecule has 9 nitrogen and oxygen atoms in total. The highest BCUT2D eigenvalue weighted by Gasteiger charge is 2.33. The van der Waals surface area contributed by atoms with E-state index in [1.807, 2.05) is 0 Å². The molecule has 0 saturated carbocycles. The summed E-state index contributed by atoms with van der Waals surface area (Å²) in [6.45, 7) is 1.37. The molecule has 2 fully saturated rings. The van der Waals surface area contributed by atoms with Crippen LogP contribution in [0.4, 0.5) is 5.69 Å². The van der Waals surface area contributed by atoms with Gasteiger partial charge in [-0.2, -0.15) is 4.31 Å². The maximum Gasteiger partial charge on any atom is 0.246 e. The van der Waals surface area contributed by atoms with Crippen molar-refractivity contribution in [3.05, 3.63) is 53.1 Å². The molecule has 0 radical (unpaired) electrons. The van der Waals surface area contributed by atoms with Gasteiger partial charge in [0.25, 0.3) is 0 Å². The second-order valence-electron chi connectivity index (χ2n) is 9.34. The van der Waals surface area contributed by atoms with E-state index in [-0.39, 0.29) is 35.4 Å². The van der Waals surface area contributed by atoms with Gasteiger partial charge in [-0.1, -0.05) is 36.2 Å². The number of halogens is 1. The summed E-state index contributed by atoms with van der Waals surface area (Å²) in [7, 11) is -5.93. The third-order valence-electron chi connectivity index (χ3n) is 6.88. The van der Waals surface area contributed by atoms with Crippen LogP contribution in [-0.4, -0.2) is 64.6 Å². The standard InChI is InChI=1S/C25H32ClN3O6S2/c1-35-23-10-9-21(17-24(23)37(33,34)29-13-5-2-6-14-29)27-25(30)19-11-15-28(16-12-19)36(31,32)18-20-7-3-4-8-22(20)26/h3-4,7-10,17,19H,2,5-6,11-16,18H2,1H3,(H,27,30). The molecule has 0 aliphatic carbocycles. The molecule has 2 aliphatic heterocycles. The fourth-order valence-electron chi connectivity index (χ4n) is 4.74. The lowest BCUT2D eigenvalue weighted by atomic mass is 9.97. The van der Waals surface area contributed by atoms with E-state index in [0.29, 0.717) is 42.2 Å². The lowest BCUT2D eigenvalue weighted by Gasteiger charge is -2.30. The van der Waals surface area contributed by atoms with Gasteiger partial charge in [0, 0.05) is 42.8 Å². The molecule has 1 N–H and O–H groups in total. The number of ether oxygens (including phenoxy) is 1. The number of amides is 1. The molecular weight excluding hydrogens is 538 g/mol. The fraction of sp³-hybridized carbons (Fsp3) is 0.480. The van der Waals surface area contributed by atoms with Gasteiger partial charge < -0.3 is 10.1 Å². The predicted octanol–water partition coefficient (Wildman–Crippen LogP) is 3.70. The largest absolute Gasteiger partial charge is 0.495 e. The molecular formula is C25H32ClN3O6S2. The number of carbonyl (C=O) groups excluding carboxylic acids is 1. The number of hydrogen-bond donors (Lipinski definition) is 1. The highest BCUT2D eigenvalue weighted by atomic mass is 35.5. The van der Waals surface area contributed by atoms with Crippen molar-refractivity contribution in [2.75, 3.05) is 38.6 Å². The number of piperidine rings is 2. The number of hydrogen-bond acceptors (Lipinski definition) is 6. The lowest BCUT2D eigenvalue weighted by molar-refractivity contribution is -0.120. The predicted molar refractivity (Wildman–Crippen MR) is 143 cm³/mol. The summed E-state index contributed by atoms with van der Waals surface area (Å²) < 4.78 is 60.4. The number of benzene rings is 2. The summed E-state index contributed by atoms with van der Waals surface area (Å²) in [6.07, 6.45) is 3.35. The minimum Gasteiger partial charge on any atom is -0.495 e. The van der Waals surface area contributed by atoms with Crippen LogP contribution in [0.5, 0.6) is 5.75 Å². The highest BCUT2D eigenvalue weighted by Crippen LogP contribution is 2.32. The Bertz CT molecular complexity index is 1340. The molecule has 2 heterocycles. The van der Waals surface area contributed by atoms with E-state index in [1.165, 1.54) is 27.9 Å². The average molecular weight is 570 g/mol. The number of nitrogens with zero attached hydrogens (tertiary/aromatic N) is 2. The minimum absolute atomic E-state index is 0.0233. The van der Waals surface area contributed by atoms with Gasteiger partial charge in [0.1, 0.15) is 10.6 Å². The Kier molecular flexibility index (Phi) is 8.80. The molecule has 2 aromatic rings. The van der Waals surface area contributed by atoms with Gasteiger partial charge in [-0.05, 0) is 55.5 Å². The molecule has 0 aromatic heterocycles. The van der Waals surface area contributed by atoms with Gasteiger partial charge in [0.2, 0.25) is 26.0 Å². The lowest BCUT2D eigenvalue weighted by Crippen LogP contribution is -2.42. The summed E-state index contributed by atoms with van der Waals surface area (Å²) in [5.41, 5.74) is 0.897. The van der Waals surface area contributed by atoms with Crippen LogP contribution in [0.25, 0.3) is 0 Å². The first-order valence-corrected chi connectivity index (χ1v) is 15.7. The van der Waals surface area contributed by atoms with Crippen LogP contribution in [0, 0.1) is 5.92 Å². The van der Waals surface area contributed by atoms with Gasteiger partial charge in [0.15, 0.2) is 0 Å². The molecule has 2 aliphatic rings. The number of anilines is 1. The Hall–Kier alpha value is -2.18. The minimum atomic E-state index is -3.77. The summed E-state index contributed by atoms with van der Waals surface area (Å²) in [6, 6.07) is 11.4. The summed E-state index contributed by atoms with van der Waals surface area (Å²) in [4.78, 5) is 13.0. The van der Waals surface area contributed by atoms with Crippen molar-refractivity contribution in [2.24, 2.45) is 5.92 Å². The monoisotopic (exact) mass is 569 g/mol. The van der Waals surface area contributed by atoms with E-state index < -0.39 is 26.0 Å². The van der Waals surface area contributed by atoms with E-state index in [1.54, 1.807) is 30.3 Å². The first-order chi connectivity index (χ1) is 17.6. The Morgan fingerprint density at radius 3 is 2.30 bits per heavy atom. The number of methoxy groups -OCH3 is 1. The molecule has 4 rings (SSSR count). The zero-order valence-corrected chi connectivity index (χ0v) is 23.1. The molecule has 12 heteroatoms. The van der Waals surface area contributed by atoms with Crippen LogP contribution in [0.2, 0.25) is 5.02 Å². The van der Waals surface area contributed by atoms with Crippen LogP contribution in [0.3, 0.4) is 0 Å². The van der Waals surface area contributed by atoms with Crippen molar-refractivity contribution in [3.8, 4) is 5.75 Å². The SMILES string of the molecule is COc1ccc(NC(=O)C2CCN(S(=O)(=O)Cc3ccccc3Cl)CC2)cc1S(=O)(=O)N1CCCCC1. The van der Waals surface area contributed by atoms with Gasteiger partial charge in [-0.3, -0.25) is 4.79 Å². The maximum atomic E-state index is 13.3. The van der Waals surface area contributed by atoms with Gasteiger partial charge in [0.05, 0.1) is 12.9 Å². The highest BCUT2D eigenvalue weighted by molar-refractivity contribution is 7.89. The number of nitrogens with one attached hydrogen (secondary N) is 1. The number of rotatable bonds is 8. The fourth-order valence-corrected chi connectivity index (χ4v) is 8.32. The zero-order chi connectivity index (χ0) is 26.6. The quantitative estimate of drug-likeness (QED) is 0.518. The van der Waals surface area contributed by atoms with Crippen molar-refractivity contribution in [2.45, 2.75) is 42.8 Å². The third kappa shape index (κ3) is 6.46. The van der Waals surface area contributed by atoms with Gasteiger partial charge in [-0.15, -0.1) is 0 Å². The van der Waals surface area contributed by atoms with Crippen LogP contribution in [-0.2, 0) is 30.6 Å². The Labute approximate surface area is 223 Å². The molecule has 37 heavy (non-hydrogen) atoms. The van der Waals surface area contributed by atoms with Crippen LogP contribution >= 0.6 is 11.6 Å². The van der Waals surface area contributed by atoms with Crippen LogP contribution in [0.1, 0.15) is 37.7 Å². The van der Waals surface area contributed by atoms with E-state index in [4.69, 9.17) is 16.3 Å². The van der Waals surface area contributed by atoms with E-state index in [9.17, 15) is 21.6 Å². The second kappa shape index (κ2) is 11.7. The van der Waals surface area contributed by atoms with Gasteiger partial charge in [-0.25, -0.2) is 21.1 Å². The molecule has 0 unspecified atom stereocenters. The molecule has 1 amide bonds. The Balaban J connectivity index is 1.40. The molecule has 0 spiro atoms. The third-order valence-corrected chi connectivity index (χ3v) is 11.0. The molecule has 202 valence electrons. The number of carbonyl (C=O) groups is 1. The smallest absolute Gasteiger partial charge is 0.246 e. The van der Waals surface area contributed by atoms with Crippen molar-refractivity contribution in [1.82, 2.24) is 8.61 Å². The molecule has 2 aromatic carbocycles. The van der Waals surface area contributed by atoms with Crippen LogP contribution in [0.15, 0.2) is 47.4 Å². The molecule has 0 atom stereocenters. The zero-order valence-electron chi connectivity index (χ0n) is 20.7. The average Bonchev–Trinajstić information content (AvgIpc) is 2.90. The van der Waals surface area contributed by atoms with Gasteiger partial charge >= 0.3 is 0 Å². The molecule has 2 saturated heterocycles. The topological polar surface area (TPSA) is 113 Å². The Morgan fingerprint density at radius 1 is 0.973 bits per heavy atom. The first-order valence-electron chi connectivity index (χ1n) is 12.3. The summed E-state index contributed by atoms with van der Waals surface area (Å²) in [5.74, 6) is -0.629. The molecule has 0 bridgehead atoms. The normalized spacial score (nSPS) is 18.4. The van der Waals surface area contributed by atoms with Crippen LogP contribution < -0.4 is 10.1 Å². The maximum absolute atomic E-state index is 13.3. The summed E-state index contributed by atoms with van der Waals surface area (Å²) in [5, 5.41) is 3.22. The van der Waals surface area contributed by atoms with E-state index in [2.05, 4.69) is 5.32 Å². The van der Waals surface area contributed by atoms with E-state index >= 15 is 0 Å². The summed E-state index contributed by atoms with van der Waals surface area (Å²) >= 11 is 6.13. The Morgan fingerprint density at radius 2 is 1.65 bits per heavy atom. The van der Waals surface area contributed by atoms with Crippen molar-refractivity contribution >= 4 is 43.2 Å². The second-order valence-corrected chi connectivity index (χ2v) is 13.6. The van der Waals surface area contributed by atoms with E-state index in [0.717, 1.165) is 19.3 Å². The number of sulfonamides is 2. The van der Waals surface area contributed by atoms with Crippen molar-refractivity contribution in [3.63, 3.8) is 0 Å². The van der Waals surface area contributed by atoms with Crippen molar-refractivity contribution in [1.29, 1.82) is 0 Å². The van der Waals surface area contributed by atoms with Crippen molar-refractivity contribution < 1.29 is 26.4 Å². The first kappa shape index (κ1) is 27.8.